The Morgan fingerprint density at radius 2 is 2.05 bits per heavy atom. The van der Waals surface area contributed by atoms with E-state index in [4.69, 9.17) is 5.11 Å². The normalized spacial score (nSPS) is 18.6. The van der Waals surface area contributed by atoms with Crippen molar-refractivity contribution in [3.05, 3.63) is 40.4 Å². The molecule has 7 heteroatoms. The number of hydrogen-bond acceptors (Lipinski definition) is 6. The molecule has 3 heterocycles. The zero-order valence-corrected chi connectivity index (χ0v) is 12.1. The van der Waals surface area contributed by atoms with Gasteiger partial charge in [0.15, 0.2) is 11.4 Å². The van der Waals surface area contributed by atoms with Crippen LogP contribution in [0.2, 0.25) is 0 Å². The van der Waals surface area contributed by atoms with E-state index in [1.54, 1.807) is 12.3 Å². The number of aromatic hydroxyl groups is 1. The van der Waals surface area contributed by atoms with Crippen LogP contribution in [0.4, 0.5) is 0 Å². The fourth-order valence-corrected chi connectivity index (χ4v) is 2.75. The van der Waals surface area contributed by atoms with Crippen LogP contribution in [0.25, 0.3) is 5.65 Å². The molecule has 7 nitrogen and oxygen atoms in total. The molecule has 0 aliphatic carbocycles. The molecule has 3 rings (SSSR count). The second kappa shape index (κ2) is 5.68. The van der Waals surface area contributed by atoms with Crippen LogP contribution in [0.5, 0.6) is 5.75 Å². The zero-order chi connectivity index (χ0) is 15.7. The number of piperidine rings is 1. The molecule has 0 spiro atoms. The number of aliphatic hydroxyl groups is 2. The molecule has 2 aromatic heterocycles. The molecule has 1 saturated heterocycles. The number of fused-ring (bicyclic) bond motifs is 1. The average molecular weight is 305 g/mol. The molecule has 0 aromatic carbocycles. The van der Waals surface area contributed by atoms with Crippen LogP contribution < -0.4 is 5.56 Å². The fraction of sp³-hybridized carbons (Fsp3) is 0.467. The smallest absolute Gasteiger partial charge is 0.258 e. The zero-order valence-electron chi connectivity index (χ0n) is 12.1. The van der Waals surface area contributed by atoms with Gasteiger partial charge in [-0.15, -0.1) is 0 Å². The Hall–Kier alpha value is -1.96. The highest BCUT2D eigenvalue weighted by Crippen LogP contribution is 2.22. The first-order valence-electron chi connectivity index (χ1n) is 7.27. The third-order valence-electron chi connectivity index (χ3n) is 4.19. The Balaban J connectivity index is 1.81. The molecule has 0 amide bonds. The molecule has 2 aromatic rings. The van der Waals surface area contributed by atoms with Crippen molar-refractivity contribution in [2.75, 3.05) is 19.7 Å². The second-order valence-corrected chi connectivity index (χ2v) is 5.83. The van der Waals surface area contributed by atoms with Crippen LogP contribution in [0.1, 0.15) is 18.5 Å². The first kappa shape index (κ1) is 15.0. The van der Waals surface area contributed by atoms with Crippen molar-refractivity contribution in [2.45, 2.75) is 25.0 Å². The van der Waals surface area contributed by atoms with E-state index in [2.05, 4.69) is 9.88 Å². The van der Waals surface area contributed by atoms with E-state index < -0.39 is 5.60 Å². The third-order valence-corrected chi connectivity index (χ3v) is 4.19. The van der Waals surface area contributed by atoms with E-state index in [0.29, 0.717) is 38.2 Å². The molecule has 1 fully saturated rings. The second-order valence-electron chi connectivity index (χ2n) is 5.83. The Morgan fingerprint density at radius 3 is 2.73 bits per heavy atom. The molecule has 3 N–H and O–H groups in total. The van der Waals surface area contributed by atoms with Gasteiger partial charge in [0.25, 0.3) is 5.56 Å². The number of aromatic nitrogens is 2. The van der Waals surface area contributed by atoms with E-state index in [1.165, 1.54) is 16.5 Å². The van der Waals surface area contributed by atoms with E-state index >= 15 is 0 Å². The quantitative estimate of drug-likeness (QED) is 0.721. The van der Waals surface area contributed by atoms with Gasteiger partial charge in [0.2, 0.25) is 0 Å². The molecule has 0 bridgehead atoms. The standard InChI is InChI=1S/C15H19N3O4/c19-10-15(22)3-6-17(7-4-15)9-11-8-13(21)18-5-1-2-12(20)14(18)16-11/h1-2,5,8,19-20,22H,3-4,6-7,9-10H2. The summed E-state index contributed by atoms with van der Waals surface area (Å²) >= 11 is 0. The average Bonchev–Trinajstić information content (AvgIpc) is 2.51. The number of nitrogens with zero attached hydrogens (tertiary/aromatic N) is 3. The first-order chi connectivity index (χ1) is 10.5. The lowest BCUT2D eigenvalue weighted by atomic mass is 9.92. The summed E-state index contributed by atoms with van der Waals surface area (Å²) in [7, 11) is 0. The summed E-state index contributed by atoms with van der Waals surface area (Å²) in [5.41, 5.74) is -0.403. The third kappa shape index (κ3) is 2.83. The van der Waals surface area contributed by atoms with Crippen molar-refractivity contribution in [3.63, 3.8) is 0 Å². The summed E-state index contributed by atoms with van der Waals surface area (Å²) in [5, 5.41) is 29.0. The largest absolute Gasteiger partial charge is 0.504 e. The van der Waals surface area contributed by atoms with Gasteiger partial charge < -0.3 is 15.3 Å². The highest BCUT2D eigenvalue weighted by atomic mass is 16.3. The number of aliphatic hydroxyl groups excluding tert-OH is 1. The van der Waals surface area contributed by atoms with Crippen LogP contribution in [0.15, 0.2) is 29.2 Å². The molecule has 118 valence electrons. The van der Waals surface area contributed by atoms with Crippen LogP contribution in [0.3, 0.4) is 0 Å². The number of likely N-dealkylation sites (tertiary alicyclic amines) is 1. The molecule has 1 aliphatic rings. The molecule has 0 atom stereocenters. The number of rotatable bonds is 3. The van der Waals surface area contributed by atoms with Crippen molar-refractivity contribution in [2.24, 2.45) is 0 Å². The van der Waals surface area contributed by atoms with E-state index in [-0.39, 0.29) is 23.6 Å². The highest BCUT2D eigenvalue weighted by Gasteiger charge is 2.31. The van der Waals surface area contributed by atoms with Crippen molar-refractivity contribution >= 4 is 5.65 Å². The van der Waals surface area contributed by atoms with Gasteiger partial charge in [-0.2, -0.15) is 0 Å². The van der Waals surface area contributed by atoms with Gasteiger partial charge in [0.05, 0.1) is 17.9 Å². The van der Waals surface area contributed by atoms with E-state index in [0.717, 1.165) is 0 Å². The highest BCUT2D eigenvalue weighted by molar-refractivity contribution is 5.52. The molecular weight excluding hydrogens is 286 g/mol. The van der Waals surface area contributed by atoms with Crippen molar-refractivity contribution in [1.82, 2.24) is 14.3 Å². The lowest BCUT2D eigenvalue weighted by Gasteiger charge is -2.36. The predicted octanol–water partition coefficient (Wildman–Crippen LogP) is -0.281. The lowest BCUT2D eigenvalue weighted by Crippen LogP contribution is -2.46. The summed E-state index contributed by atoms with van der Waals surface area (Å²) in [6.07, 6.45) is 2.54. The van der Waals surface area contributed by atoms with Gasteiger partial charge in [-0.1, -0.05) is 0 Å². The van der Waals surface area contributed by atoms with Crippen molar-refractivity contribution < 1.29 is 15.3 Å². The minimum absolute atomic E-state index is 0.0326. The van der Waals surface area contributed by atoms with Crippen LogP contribution in [0, 0.1) is 0 Å². The number of pyridine rings is 1. The van der Waals surface area contributed by atoms with Crippen LogP contribution in [-0.4, -0.2) is 54.9 Å². The Kier molecular flexibility index (Phi) is 3.86. The van der Waals surface area contributed by atoms with Gasteiger partial charge in [-0.3, -0.25) is 14.1 Å². The van der Waals surface area contributed by atoms with Gasteiger partial charge in [-0.25, -0.2) is 4.98 Å². The predicted molar refractivity (Wildman–Crippen MR) is 79.7 cm³/mol. The molecule has 0 saturated carbocycles. The topological polar surface area (TPSA) is 98.3 Å². The SMILES string of the molecule is O=c1cc(CN2CCC(O)(CO)CC2)nc2c(O)cccn12. The van der Waals surface area contributed by atoms with Crippen molar-refractivity contribution in [1.29, 1.82) is 0 Å². The maximum Gasteiger partial charge on any atom is 0.258 e. The number of hydrogen-bond donors (Lipinski definition) is 3. The molecule has 0 radical (unpaired) electrons. The summed E-state index contributed by atoms with van der Waals surface area (Å²) < 4.78 is 1.31. The minimum Gasteiger partial charge on any atom is -0.504 e. The van der Waals surface area contributed by atoms with E-state index in [1.807, 2.05) is 0 Å². The summed E-state index contributed by atoms with van der Waals surface area (Å²) in [6, 6.07) is 4.54. The lowest BCUT2D eigenvalue weighted by molar-refractivity contribution is -0.0608. The first-order valence-corrected chi connectivity index (χ1v) is 7.27. The Labute approximate surface area is 127 Å². The van der Waals surface area contributed by atoms with E-state index in [9.17, 15) is 15.0 Å². The van der Waals surface area contributed by atoms with Crippen molar-refractivity contribution in [3.8, 4) is 5.75 Å². The summed E-state index contributed by atoms with van der Waals surface area (Å²) in [5.74, 6) is -0.0326. The Morgan fingerprint density at radius 1 is 1.32 bits per heavy atom. The van der Waals surface area contributed by atoms with Gasteiger partial charge in [0.1, 0.15) is 0 Å². The fourth-order valence-electron chi connectivity index (χ4n) is 2.75. The molecule has 0 unspecified atom stereocenters. The molecular formula is C15H19N3O4. The van der Waals surface area contributed by atoms with Crippen LogP contribution >= 0.6 is 0 Å². The van der Waals surface area contributed by atoms with Gasteiger partial charge >= 0.3 is 0 Å². The molecule has 1 aliphatic heterocycles. The maximum absolute atomic E-state index is 12.1. The minimum atomic E-state index is -0.995. The summed E-state index contributed by atoms with van der Waals surface area (Å²) in [6.45, 7) is 1.49. The molecule has 22 heavy (non-hydrogen) atoms. The monoisotopic (exact) mass is 305 g/mol. The Bertz CT molecular complexity index is 735. The van der Waals surface area contributed by atoms with Gasteiger partial charge in [0, 0.05) is 31.9 Å². The van der Waals surface area contributed by atoms with Gasteiger partial charge in [-0.05, 0) is 25.0 Å². The maximum atomic E-state index is 12.1. The summed E-state index contributed by atoms with van der Waals surface area (Å²) in [4.78, 5) is 18.5. The van der Waals surface area contributed by atoms with Crippen LogP contribution in [-0.2, 0) is 6.54 Å².